The van der Waals surface area contributed by atoms with Crippen LogP contribution in [0.1, 0.15) is 25.3 Å². The van der Waals surface area contributed by atoms with E-state index in [9.17, 15) is 10.1 Å². The minimum atomic E-state index is -0.561. The largest absolute Gasteiger partial charge is 0.466 e. The first kappa shape index (κ1) is 19.5. The number of carbonyl (C=O) groups excluding carboxylic acids is 1. The Balaban J connectivity index is 1.98. The van der Waals surface area contributed by atoms with Crippen molar-refractivity contribution in [2.24, 2.45) is 10.9 Å². The molecule has 1 aromatic heterocycles. The molecule has 5 nitrogen and oxygen atoms in total. The quantitative estimate of drug-likeness (QED) is 0.582. The van der Waals surface area contributed by atoms with E-state index < -0.39 is 17.8 Å². The third-order valence-corrected chi connectivity index (χ3v) is 5.57. The zero-order valence-electron chi connectivity index (χ0n) is 17.1. The van der Waals surface area contributed by atoms with Crippen molar-refractivity contribution in [3.63, 3.8) is 0 Å². The number of fused-ring (bicyclic) bond motifs is 1. The molecule has 2 atom stereocenters. The van der Waals surface area contributed by atoms with Crippen LogP contribution in [0, 0.1) is 17.2 Å². The number of ether oxygens (including phenoxy) is 1. The molecule has 30 heavy (non-hydrogen) atoms. The summed E-state index contributed by atoms with van der Waals surface area (Å²) in [5.41, 5.74) is 5.42. The summed E-state index contributed by atoms with van der Waals surface area (Å²) in [5, 5.41) is 10.8. The van der Waals surface area contributed by atoms with Gasteiger partial charge in [-0.05, 0) is 37.1 Å². The highest BCUT2D eigenvalue weighted by molar-refractivity contribution is 6.00. The monoisotopic (exact) mass is 395 g/mol. The number of nitriles is 1. The molecule has 3 aromatic rings. The van der Waals surface area contributed by atoms with Gasteiger partial charge in [0.25, 0.3) is 0 Å². The van der Waals surface area contributed by atoms with E-state index in [1.807, 2.05) is 61.7 Å². The molecule has 0 spiro atoms. The fourth-order valence-electron chi connectivity index (χ4n) is 4.15. The molecule has 0 aliphatic carbocycles. The molecule has 5 heteroatoms. The number of aromatic nitrogens is 1. The summed E-state index contributed by atoms with van der Waals surface area (Å²) in [6, 6.07) is 20.2. The van der Waals surface area contributed by atoms with Crippen LogP contribution in [0.4, 0.5) is 0 Å². The first-order valence-electron chi connectivity index (χ1n) is 9.73. The molecule has 0 amide bonds. The predicted octanol–water partition coefficient (Wildman–Crippen LogP) is 5.05. The Kier molecular flexibility index (Phi) is 5.16. The lowest BCUT2D eigenvalue weighted by molar-refractivity contribution is -0.136. The lowest BCUT2D eigenvalue weighted by Crippen LogP contribution is -2.29. The van der Waals surface area contributed by atoms with Crippen molar-refractivity contribution in [1.29, 1.82) is 5.26 Å². The molecule has 0 bridgehead atoms. The minimum Gasteiger partial charge on any atom is -0.466 e. The summed E-state index contributed by atoms with van der Waals surface area (Å²) < 4.78 is 5.05. The number of hydrogen-bond acceptors (Lipinski definition) is 5. The first-order valence-corrected chi connectivity index (χ1v) is 9.73. The SMILES string of the molecule is COC(=O)C1=C(C)N=C(C)C(C#N)C1c1cccc2ncc(-c3ccccc3)cc12. The van der Waals surface area contributed by atoms with Crippen LogP contribution < -0.4 is 0 Å². The Morgan fingerprint density at radius 1 is 1.07 bits per heavy atom. The van der Waals surface area contributed by atoms with E-state index in [0.717, 1.165) is 27.6 Å². The molecule has 0 radical (unpaired) electrons. The fourth-order valence-corrected chi connectivity index (χ4v) is 4.15. The van der Waals surface area contributed by atoms with E-state index in [2.05, 4.69) is 22.1 Å². The van der Waals surface area contributed by atoms with Crippen molar-refractivity contribution in [1.82, 2.24) is 4.98 Å². The van der Waals surface area contributed by atoms with E-state index in [1.54, 1.807) is 6.92 Å². The van der Waals surface area contributed by atoms with Crippen LogP contribution in [-0.4, -0.2) is 23.8 Å². The normalized spacial score (nSPS) is 18.7. The Labute approximate surface area is 175 Å². The number of nitrogens with zero attached hydrogens (tertiary/aromatic N) is 3. The summed E-state index contributed by atoms with van der Waals surface area (Å²) in [6.45, 7) is 3.62. The molecule has 1 aliphatic heterocycles. The third kappa shape index (κ3) is 3.27. The lowest BCUT2D eigenvalue weighted by Gasteiger charge is -2.29. The number of carbonyl (C=O) groups is 1. The molecule has 148 valence electrons. The molecule has 0 saturated heterocycles. The Morgan fingerprint density at radius 3 is 2.53 bits per heavy atom. The van der Waals surface area contributed by atoms with Crippen LogP contribution in [0.3, 0.4) is 0 Å². The highest BCUT2D eigenvalue weighted by Crippen LogP contribution is 2.42. The maximum Gasteiger partial charge on any atom is 0.336 e. The molecule has 2 unspecified atom stereocenters. The number of allylic oxidation sites excluding steroid dienone is 1. The second kappa shape index (κ2) is 7.92. The Hall–Kier alpha value is -3.78. The second-order valence-corrected chi connectivity index (χ2v) is 7.33. The Morgan fingerprint density at radius 2 is 1.83 bits per heavy atom. The van der Waals surface area contributed by atoms with Gasteiger partial charge >= 0.3 is 5.97 Å². The van der Waals surface area contributed by atoms with Gasteiger partial charge < -0.3 is 4.74 Å². The molecule has 0 N–H and O–H groups in total. The lowest BCUT2D eigenvalue weighted by atomic mass is 9.75. The number of methoxy groups -OCH3 is 1. The molecule has 2 heterocycles. The molecule has 0 fully saturated rings. The number of rotatable bonds is 3. The van der Waals surface area contributed by atoms with Gasteiger partial charge in [0, 0.05) is 34.5 Å². The van der Waals surface area contributed by atoms with Crippen LogP contribution in [-0.2, 0) is 9.53 Å². The second-order valence-electron chi connectivity index (χ2n) is 7.33. The number of hydrogen-bond donors (Lipinski definition) is 0. The van der Waals surface area contributed by atoms with Crippen molar-refractivity contribution < 1.29 is 9.53 Å². The topological polar surface area (TPSA) is 75.3 Å². The fraction of sp³-hybridized carbons (Fsp3) is 0.200. The van der Waals surface area contributed by atoms with Gasteiger partial charge in [-0.15, -0.1) is 0 Å². The van der Waals surface area contributed by atoms with Gasteiger partial charge in [0.2, 0.25) is 0 Å². The average Bonchev–Trinajstić information content (AvgIpc) is 2.78. The highest BCUT2D eigenvalue weighted by Gasteiger charge is 2.38. The van der Waals surface area contributed by atoms with Crippen molar-refractivity contribution in [3.8, 4) is 17.2 Å². The molecule has 4 rings (SSSR count). The standard InChI is InChI=1S/C25H21N3O2/c1-15-21(13-26)24(23(16(2)28-15)25(29)30-3)19-10-7-11-22-20(19)12-18(14-27-22)17-8-5-4-6-9-17/h4-12,14,21,24H,1-3H3. The number of esters is 1. The van der Waals surface area contributed by atoms with Gasteiger partial charge in [0.05, 0.1) is 30.2 Å². The highest BCUT2D eigenvalue weighted by atomic mass is 16.5. The first-order chi connectivity index (χ1) is 14.5. The minimum absolute atomic E-state index is 0.423. The molecule has 1 aliphatic rings. The van der Waals surface area contributed by atoms with Crippen LogP contribution in [0.5, 0.6) is 0 Å². The van der Waals surface area contributed by atoms with E-state index >= 15 is 0 Å². The van der Waals surface area contributed by atoms with Crippen molar-refractivity contribution >= 4 is 22.6 Å². The summed E-state index contributed by atoms with van der Waals surface area (Å²) in [6.07, 6.45) is 1.85. The van der Waals surface area contributed by atoms with Gasteiger partial charge in [-0.1, -0.05) is 42.5 Å². The van der Waals surface area contributed by atoms with Crippen molar-refractivity contribution in [3.05, 3.63) is 77.6 Å². The van der Waals surface area contributed by atoms with Gasteiger partial charge in [-0.2, -0.15) is 5.26 Å². The zero-order chi connectivity index (χ0) is 21.3. The smallest absolute Gasteiger partial charge is 0.336 e. The third-order valence-electron chi connectivity index (χ3n) is 5.57. The van der Waals surface area contributed by atoms with Gasteiger partial charge in [-0.25, -0.2) is 4.79 Å². The maximum atomic E-state index is 12.7. The predicted molar refractivity (Wildman–Crippen MR) is 117 cm³/mol. The average molecular weight is 395 g/mol. The summed E-state index contributed by atoms with van der Waals surface area (Å²) in [5.74, 6) is -1.50. The molecular formula is C25H21N3O2. The van der Waals surface area contributed by atoms with E-state index in [0.29, 0.717) is 17.0 Å². The van der Waals surface area contributed by atoms with Crippen molar-refractivity contribution in [2.75, 3.05) is 7.11 Å². The van der Waals surface area contributed by atoms with E-state index in [-0.39, 0.29) is 0 Å². The van der Waals surface area contributed by atoms with Gasteiger partial charge in [-0.3, -0.25) is 9.98 Å². The van der Waals surface area contributed by atoms with Crippen LogP contribution in [0.2, 0.25) is 0 Å². The molecule has 0 saturated carbocycles. The van der Waals surface area contributed by atoms with Crippen LogP contribution in [0.25, 0.3) is 22.0 Å². The molecular weight excluding hydrogens is 374 g/mol. The zero-order valence-corrected chi connectivity index (χ0v) is 17.1. The maximum absolute atomic E-state index is 12.7. The van der Waals surface area contributed by atoms with Gasteiger partial charge in [0.15, 0.2) is 0 Å². The summed E-state index contributed by atoms with van der Waals surface area (Å²) in [4.78, 5) is 21.8. The number of pyridine rings is 1. The number of aliphatic imine (C=N–C) groups is 1. The summed E-state index contributed by atoms with van der Waals surface area (Å²) >= 11 is 0. The van der Waals surface area contributed by atoms with E-state index in [4.69, 9.17) is 4.74 Å². The number of benzene rings is 2. The van der Waals surface area contributed by atoms with Crippen molar-refractivity contribution in [2.45, 2.75) is 19.8 Å². The Bertz CT molecular complexity index is 1240. The summed E-state index contributed by atoms with van der Waals surface area (Å²) in [7, 11) is 1.35. The van der Waals surface area contributed by atoms with Crippen LogP contribution in [0.15, 0.2) is 77.1 Å². The van der Waals surface area contributed by atoms with Gasteiger partial charge in [0.1, 0.15) is 0 Å². The van der Waals surface area contributed by atoms with Crippen LogP contribution >= 0.6 is 0 Å². The van der Waals surface area contributed by atoms with E-state index in [1.165, 1.54) is 7.11 Å². The molecule has 2 aromatic carbocycles.